The van der Waals surface area contributed by atoms with Crippen molar-refractivity contribution in [2.75, 3.05) is 6.61 Å². The summed E-state index contributed by atoms with van der Waals surface area (Å²) in [5.41, 5.74) is 6.17. The molecule has 22 heavy (non-hydrogen) atoms. The quantitative estimate of drug-likeness (QED) is 0.397. The Kier molecular flexibility index (Phi) is 9.79. The highest BCUT2D eigenvalue weighted by Crippen LogP contribution is 2.33. The van der Waals surface area contributed by atoms with E-state index in [1.807, 2.05) is 13.8 Å². The molecule has 0 bridgehead atoms. The molecule has 8 heteroatoms. The Hall–Kier alpha value is -1.32. The molecular formula is C14H22F2IN3O2. The van der Waals surface area contributed by atoms with Gasteiger partial charge in [-0.1, -0.05) is 12.1 Å². The van der Waals surface area contributed by atoms with E-state index in [0.717, 1.165) is 0 Å². The molecule has 0 aliphatic heterocycles. The predicted octanol–water partition coefficient (Wildman–Crippen LogP) is 3.12. The minimum absolute atomic E-state index is 0. The third kappa shape index (κ3) is 7.10. The summed E-state index contributed by atoms with van der Waals surface area (Å²) in [4.78, 5) is 4.11. The number of benzene rings is 1. The van der Waals surface area contributed by atoms with E-state index in [0.29, 0.717) is 12.2 Å². The molecule has 0 fully saturated rings. The van der Waals surface area contributed by atoms with Gasteiger partial charge in [0.05, 0.1) is 13.2 Å². The van der Waals surface area contributed by atoms with Gasteiger partial charge in [-0.05, 0) is 26.8 Å². The lowest BCUT2D eigenvalue weighted by molar-refractivity contribution is -0.0520. The predicted molar refractivity (Wildman–Crippen MR) is 93.3 cm³/mol. The Balaban J connectivity index is 0.00000441. The van der Waals surface area contributed by atoms with Crippen LogP contribution in [0.3, 0.4) is 0 Å². The third-order valence-electron chi connectivity index (χ3n) is 2.42. The normalized spacial score (nSPS) is 11.3. The zero-order chi connectivity index (χ0) is 15.8. The molecule has 0 aliphatic carbocycles. The molecule has 0 saturated heterocycles. The Morgan fingerprint density at radius 3 is 2.59 bits per heavy atom. The van der Waals surface area contributed by atoms with Gasteiger partial charge in [0.2, 0.25) is 0 Å². The Morgan fingerprint density at radius 1 is 1.36 bits per heavy atom. The molecule has 0 radical (unpaired) electrons. The summed E-state index contributed by atoms with van der Waals surface area (Å²) in [6.07, 6.45) is 0. The number of ether oxygens (including phenoxy) is 2. The Bertz CT molecular complexity index is 485. The van der Waals surface area contributed by atoms with E-state index < -0.39 is 6.61 Å². The van der Waals surface area contributed by atoms with Crippen LogP contribution in [0.2, 0.25) is 0 Å². The van der Waals surface area contributed by atoms with Crippen molar-refractivity contribution in [2.24, 2.45) is 10.7 Å². The molecular weight excluding hydrogens is 407 g/mol. The summed E-state index contributed by atoms with van der Waals surface area (Å²) in [6.45, 7) is 3.15. The van der Waals surface area contributed by atoms with E-state index in [4.69, 9.17) is 10.5 Å². The van der Waals surface area contributed by atoms with Crippen LogP contribution in [0.4, 0.5) is 8.78 Å². The van der Waals surface area contributed by atoms with Gasteiger partial charge in [0.1, 0.15) is 0 Å². The SMILES string of the molecule is CCOc1cccc(CN=C(N)NC(C)C)c1OC(F)F.I. The summed E-state index contributed by atoms with van der Waals surface area (Å²) in [5.74, 6) is 0.506. The minimum atomic E-state index is -2.93. The molecule has 0 amide bonds. The first kappa shape index (κ1) is 20.7. The second-order valence-electron chi connectivity index (χ2n) is 4.56. The van der Waals surface area contributed by atoms with Gasteiger partial charge in [-0.25, -0.2) is 4.99 Å². The standard InChI is InChI=1S/C14H21F2N3O2.HI/c1-4-20-11-7-5-6-10(12(11)21-13(15)16)8-18-14(17)19-9(2)3;/h5-7,9,13H,4,8H2,1-3H3,(H3,17,18,19);1H. The van der Waals surface area contributed by atoms with Crippen molar-refractivity contribution in [3.8, 4) is 11.5 Å². The Morgan fingerprint density at radius 2 is 2.05 bits per heavy atom. The molecule has 1 rings (SSSR count). The van der Waals surface area contributed by atoms with Crippen molar-refractivity contribution in [3.63, 3.8) is 0 Å². The van der Waals surface area contributed by atoms with Gasteiger partial charge in [-0.2, -0.15) is 8.78 Å². The summed E-state index contributed by atoms with van der Waals surface area (Å²) >= 11 is 0. The highest BCUT2D eigenvalue weighted by Gasteiger charge is 2.15. The summed E-state index contributed by atoms with van der Waals surface area (Å²) < 4.78 is 34.9. The first-order valence-electron chi connectivity index (χ1n) is 6.70. The van der Waals surface area contributed by atoms with E-state index in [1.165, 1.54) is 0 Å². The number of halogens is 3. The zero-order valence-corrected chi connectivity index (χ0v) is 15.1. The summed E-state index contributed by atoms with van der Waals surface area (Å²) in [5, 5.41) is 2.92. The van der Waals surface area contributed by atoms with Gasteiger partial charge in [0, 0.05) is 11.6 Å². The number of para-hydroxylation sites is 1. The van der Waals surface area contributed by atoms with Gasteiger partial charge in [0.25, 0.3) is 0 Å². The maximum Gasteiger partial charge on any atom is 0.387 e. The number of nitrogens with one attached hydrogen (secondary N) is 1. The highest BCUT2D eigenvalue weighted by atomic mass is 127. The molecule has 0 aromatic heterocycles. The monoisotopic (exact) mass is 429 g/mol. The number of guanidine groups is 1. The number of alkyl halides is 2. The number of nitrogens with two attached hydrogens (primary N) is 1. The number of nitrogens with zero attached hydrogens (tertiary/aromatic N) is 1. The van der Waals surface area contributed by atoms with E-state index in [-0.39, 0.29) is 54.0 Å². The van der Waals surface area contributed by atoms with Gasteiger partial charge >= 0.3 is 6.61 Å². The van der Waals surface area contributed by atoms with Crippen LogP contribution in [0.1, 0.15) is 26.3 Å². The van der Waals surface area contributed by atoms with Crippen LogP contribution in [0.25, 0.3) is 0 Å². The van der Waals surface area contributed by atoms with Gasteiger partial charge in [0.15, 0.2) is 17.5 Å². The molecule has 126 valence electrons. The second-order valence-corrected chi connectivity index (χ2v) is 4.56. The van der Waals surface area contributed by atoms with Crippen molar-refractivity contribution in [1.82, 2.24) is 5.32 Å². The maximum absolute atomic E-state index is 12.5. The van der Waals surface area contributed by atoms with E-state index in [9.17, 15) is 8.78 Å². The summed E-state index contributed by atoms with van der Waals surface area (Å²) in [6, 6.07) is 5.05. The fourth-order valence-electron chi connectivity index (χ4n) is 1.69. The molecule has 1 aromatic rings. The number of hydrogen-bond donors (Lipinski definition) is 2. The zero-order valence-electron chi connectivity index (χ0n) is 12.8. The van der Waals surface area contributed by atoms with E-state index >= 15 is 0 Å². The number of hydrogen-bond acceptors (Lipinski definition) is 3. The molecule has 0 spiro atoms. The van der Waals surface area contributed by atoms with Crippen LogP contribution >= 0.6 is 24.0 Å². The van der Waals surface area contributed by atoms with Gasteiger partial charge < -0.3 is 20.5 Å². The van der Waals surface area contributed by atoms with Gasteiger partial charge in [-0.15, -0.1) is 24.0 Å². The number of aliphatic imine (C=N–C) groups is 1. The highest BCUT2D eigenvalue weighted by molar-refractivity contribution is 14.0. The van der Waals surface area contributed by atoms with Crippen molar-refractivity contribution in [3.05, 3.63) is 23.8 Å². The average Bonchev–Trinajstić information content (AvgIpc) is 2.38. The molecule has 5 nitrogen and oxygen atoms in total. The largest absolute Gasteiger partial charge is 0.490 e. The molecule has 1 aromatic carbocycles. The van der Waals surface area contributed by atoms with Crippen LogP contribution in [-0.2, 0) is 6.54 Å². The van der Waals surface area contributed by atoms with Crippen LogP contribution in [0.5, 0.6) is 11.5 Å². The van der Waals surface area contributed by atoms with Crippen LogP contribution in [-0.4, -0.2) is 25.2 Å². The smallest absolute Gasteiger partial charge is 0.387 e. The molecule has 0 heterocycles. The molecule has 0 unspecified atom stereocenters. The van der Waals surface area contributed by atoms with Crippen LogP contribution < -0.4 is 20.5 Å². The average molecular weight is 429 g/mol. The fourth-order valence-corrected chi connectivity index (χ4v) is 1.69. The minimum Gasteiger partial charge on any atom is -0.490 e. The molecule has 0 aliphatic rings. The lowest BCUT2D eigenvalue weighted by Crippen LogP contribution is -2.36. The van der Waals surface area contributed by atoms with Crippen molar-refractivity contribution >= 4 is 29.9 Å². The number of rotatable bonds is 7. The van der Waals surface area contributed by atoms with E-state index in [1.54, 1.807) is 25.1 Å². The van der Waals surface area contributed by atoms with Crippen molar-refractivity contribution < 1.29 is 18.3 Å². The molecule has 3 N–H and O–H groups in total. The van der Waals surface area contributed by atoms with E-state index in [2.05, 4.69) is 15.0 Å². The summed E-state index contributed by atoms with van der Waals surface area (Å²) in [7, 11) is 0. The Labute approximate surface area is 146 Å². The lowest BCUT2D eigenvalue weighted by atomic mass is 10.2. The van der Waals surface area contributed by atoms with Crippen molar-refractivity contribution in [1.29, 1.82) is 0 Å². The topological polar surface area (TPSA) is 68.9 Å². The first-order chi connectivity index (χ1) is 9.93. The maximum atomic E-state index is 12.5. The second kappa shape index (κ2) is 10.4. The molecule has 0 saturated carbocycles. The first-order valence-corrected chi connectivity index (χ1v) is 6.70. The van der Waals surface area contributed by atoms with Crippen LogP contribution in [0, 0.1) is 0 Å². The molecule has 0 atom stereocenters. The third-order valence-corrected chi connectivity index (χ3v) is 2.42. The fraction of sp³-hybridized carbons (Fsp3) is 0.500. The van der Waals surface area contributed by atoms with Gasteiger partial charge in [-0.3, -0.25) is 0 Å². The lowest BCUT2D eigenvalue weighted by Gasteiger charge is -2.15. The van der Waals surface area contributed by atoms with Crippen molar-refractivity contribution in [2.45, 2.75) is 40.0 Å². The van der Waals surface area contributed by atoms with Crippen LogP contribution in [0.15, 0.2) is 23.2 Å².